The standard InChI is InChI=1S/C7H16N2OS/c1-2-9-7-3-5-11(8,10)6-4-7/h7-9H,2-6H2,1H3. The molecule has 0 aromatic carbocycles. The van der Waals surface area contributed by atoms with Crippen LogP contribution in [-0.4, -0.2) is 28.3 Å². The molecule has 0 radical (unpaired) electrons. The maximum atomic E-state index is 11.2. The molecule has 0 unspecified atom stereocenters. The first-order valence-electron chi connectivity index (χ1n) is 4.11. The van der Waals surface area contributed by atoms with E-state index in [2.05, 4.69) is 12.2 Å². The zero-order valence-electron chi connectivity index (χ0n) is 6.93. The van der Waals surface area contributed by atoms with Crippen molar-refractivity contribution in [1.29, 1.82) is 4.78 Å². The van der Waals surface area contributed by atoms with Gasteiger partial charge in [0.05, 0.1) is 0 Å². The highest BCUT2D eigenvalue weighted by Gasteiger charge is 2.19. The van der Waals surface area contributed by atoms with Crippen LogP contribution < -0.4 is 5.32 Å². The molecule has 0 atom stereocenters. The lowest BCUT2D eigenvalue weighted by molar-refractivity contribution is 0.487. The van der Waals surface area contributed by atoms with Gasteiger partial charge in [-0.2, -0.15) is 0 Å². The van der Waals surface area contributed by atoms with Gasteiger partial charge in [-0.15, -0.1) is 0 Å². The molecule has 11 heavy (non-hydrogen) atoms. The van der Waals surface area contributed by atoms with E-state index in [1.165, 1.54) is 0 Å². The van der Waals surface area contributed by atoms with Crippen molar-refractivity contribution in [2.75, 3.05) is 18.1 Å². The fourth-order valence-electron chi connectivity index (χ4n) is 1.40. The molecule has 1 heterocycles. The fraction of sp³-hybridized carbons (Fsp3) is 1.00. The van der Waals surface area contributed by atoms with Gasteiger partial charge in [-0.1, -0.05) is 6.92 Å². The second kappa shape index (κ2) is 3.54. The molecule has 1 aliphatic rings. The molecular formula is C7H16N2OS. The molecule has 0 amide bonds. The van der Waals surface area contributed by atoms with Crippen LogP contribution in [0.2, 0.25) is 0 Å². The highest BCUT2D eigenvalue weighted by molar-refractivity contribution is 7.92. The maximum Gasteiger partial charge on any atom is 0.0442 e. The smallest absolute Gasteiger partial charge is 0.0442 e. The van der Waals surface area contributed by atoms with E-state index in [0.717, 1.165) is 19.4 Å². The first-order chi connectivity index (χ1) is 5.14. The van der Waals surface area contributed by atoms with Gasteiger partial charge in [0.25, 0.3) is 0 Å². The maximum absolute atomic E-state index is 11.2. The summed E-state index contributed by atoms with van der Waals surface area (Å²) in [5, 5.41) is 3.31. The van der Waals surface area contributed by atoms with Crippen molar-refractivity contribution in [3.63, 3.8) is 0 Å². The molecule has 66 valence electrons. The summed E-state index contributed by atoms with van der Waals surface area (Å²) in [5.41, 5.74) is 0. The van der Waals surface area contributed by atoms with Gasteiger partial charge in [-0.25, -0.2) is 4.21 Å². The van der Waals surface area contributed by atoms with Gasteiger partial charge in [0.2, 0.25) is 0 Å². The minimum Gasteiger partial charge on any atom is -0.314 e. The summed E-state index contributed by atoms with van der Waals surface area (Å²) < 4.78 is 18.5. The van der Waals surface area contributed by atoms with Crippen LogP contribution in [0.5, 0.6) is 0 Å². The van der Waals surface area contributed by atoms with Crippen LogP contribution in [0.1, 0.15) is 19.8 Å². The Morgan fingerprint density at radius 3 is 2.55 bits per heavy atom. The van der Waals surface area contributed by atoms with E-state index in [4.69, 9.17) is 4.78 Å². The predicted molar refractivity (Wildman–Crippen MR) is 47.3 cm³/mol. The van der Waals surface area contributed by atoms with Crippen molar-refractivity contribution < 1.29 is 4.21 Å². The average molecular weight is 176 g/mol. The van der Waals surface area contributed by atoms with Crippen LogP contribution in [0.15, 0.2) is 0 Å². The second-order valence-electron chi connectivity index (χ2n) is 3.05. The van der Waals surface area contributed by atoms with Gasteiger partial charge in [-0.3, -0.25) is 4.78 Å². The Morgan fingerprint density at radius 1 is 1.55 bits per heavy atom. The van der Waals surface area contributed by atoms with Gasteiger partial charge in [0.1, 0.15) is 0 Å². The number of rotatable bonds is 2. The molecule has 0 bridgehead atoms. The molecule has 1 fully saturated rings. The highest BCUT2D eigenvalue weighted by atomic mass is 32.2. The van der Waals surface area contributed by atoms with Gasteiger partial charge < -0.3 is 5.32 Å². The van der Waals surface area contributed by atoms with Crippen LogP contribution in [0.3, 0.4) is 0 Å². The zero-order valence-corrected chi connectivity index (χ0v) is 7.75. The van der Waals surface area contributed by atoms with Gasteiger partial charge in [0.15, 0.2) is 0 Å². The molecule has 3 nitrogen and oxygen atoms in total. The summed E-state index contributed by atoms with van der Waals surface area (Å²) in [5.74, 6) is 1.18. The fourth-order valence-corrected chi connectivity index (χ4v) is 2.94. The zero-order chi connectivity index (χ0) is 8.32. The molecule has 0 aromatic heterocycles. The Bertz CT molecular complexity index is 196. The SMILES string of the molecule is CCNC1CCS(=N)(=O)CC1. The van der Waals surface area contributed by atoms with Crippen LogP contribution in [-0.2, 0) is 9.73 Å². The average Bonchev–Trinajstić information content (AvgIpc) is 1.94. The quantitative estimate of drug-likeness (QED) is 0.654. The first-order valence-corrected chi connectivity index (χ1v) is 6.01. The first kappa shape index (κ1) is 9.00. The molecule has 0 spiro atoms. The lowest BCUT2D eigenvalue weighted by Crippen LogP contribution is -2.36. The van der Waals surface area contributed by atoms with Crippen molar-refractivity contribution in [1.82, 2.24) is 5.32 Å². The largest absolute Gasteiger partial charge is 0.314 e. The third-order valence-corrected chi connectivity index (χ3v) is 3.88. The molecular weight excluding hydrogens is 160 g/mol. The van der Waals surface area contributed by atoms with Crippen LogP contribution in [0, 0.1) is 4.78 Å². The van der Waals surface area contributed by atoms with Crippen molar-refractivity contribution in [2.24, 2.45) is 0 Å². The third-order valence-electron chi connectivity index (χ3n) is 2.08. The third kappa shape index (κ3) is 2.79. The molecule has 1 rings (SSSR count). The van der Waals surface area contributed by atoms with Gasteiger partial charge in [-0.05, 0) is 19.4 Å². The van der Waals surface area contributed by atoms with Crippen molar-refractivity contribution in [3.05, 3.63) is 0 Å². The molecule has 2 N–H and O–H groups in total. The predicted octanol–water partition coefficient (Wildman–Crippen LogP) is 0.805. The molecule has 0 saturated carbocycles. The molecule has 4 heteroatoms. The van der Waals surface area contributed by atoms with E-state index in [1.54, 1.807) is 0 Å². The monoisotopic (exact) mass is 176 g/mol. The Hall–Kier alpha value is -0.0900. The summed E-state index contributed by atoms with van der Waals surface area (Å²) in [4.78, 5) is 0. The molecule has 1 saturated heterocycles. The summed E-state index contributed by atoms with van der Waals surface area (Å²) in [6, 6.07) is 0.514. The molecule has 0 aliphatic carbocycles. The van der Waals surface area contributed by atoms with E-state index >= 15 is 0 Å². The summed E-state index contributed by atoms with van der Waals surface area (Å²) in [6.07, 6.45) is 1.83. The summed E-state index contributed by atoms with van der Waals surface area (Å²) in [6.45, 7) is 3.05. The Balaban J connectivity index is 2.36. The Labute approximate surface area is 68.5 Å². The number of nitrogens with one attached hydrogen (secondary N) is 2. The minimum absolute atomic E-state index is 0.514. The van der Waals surface area contributed by atoms with E-state index < -0.39 is 9.73 Å². The van der Waals surface area contributed by atoms with Gasteiger partial charge >= 0.3 is 0 Å². The molecule has 0 aromatic rings. The van der Waals surface area contributed by atoms with E-state index in [0.29, 0.717) is 17.5 Å². The van der Waals surface area contributed by atoms with E-state index in [1.807, 2.05) is 0 Å². The van der Waals surface area contributed by atoms with Crippen molar-refractivity contribution in [3.8, 4) is 0 Å². The van der Waals surface area contributed by atoms with E-state index in [9.17, 15) is 4.21 Å². The van der Waals surface area contributed by atoms with Crippen molar-refractivity contribution in [2.45, 2.75) is 25.8 Å². The lowest BCUT2D eigenvalue weighted by Gasteiger charge is -2.23. The van der Waals surface area contributed by atoms with Crippen molar-refractivity contribution >= 4 is 9.73 Å². The summed E-state index contributed by atoms with van der Waals surface area (Å²) >= 11 is 0. The van der Waals surface area contributed by atoms with Gasteiger partial charge in [0, 0.05) is 27.3 Å². The summed E-state index contributed by atoms with van der Waals surface area (Å²) in [7, 11) is -2.17. The van der Waals surface area contributed by atoms with Crippen LogP contribution in [0.4, 0.5) is 0 Å². The van der Waals surface area contributed by atoms with E-state index in [-0.39, 0.29) is 0 Å². The number of hydrogen-bond donors (Lipinski definition) is 2. The van der Waals surface area contributed by atoms with Crippen LogP contribution >= 0.6 is 0 Å². The molecule has 1 aliphatic heterocycles. The van der Waals surface area contributed by atoms with Crippen LogP contribution in [0.25, 0.3) is 0 Å². The minimum atomic E-state index is -2.17. The lowest BCUT2D eigenvalue weighted by atomic mass is 10.1. The highest BCUT2D eigenvalue weighted by Crippen LogP contribution is 2.12. The number of hydrogen-bond acceptors (Lipinski definition) is 3. The second-order valence-corrected chi connectivity index (χ2v) is 5.49. The Kier molecular flexibility index (Phi) is 2.90. The normalized spacial score (nSPS) is 38.8. The topological polar surface area (TPSA) is 53.0 Å². The Morgan fingerprint density at radius 2 is 2.09 bits per heavy atom.